The zero-order valence-electron chi connectivity index (χ0n) is 15.8. The SMILES string of the molecule is Cc1cccc(NC(=O)c2ccc3cc(/C=N\N)ccc3c2)c1.O=C(O)C(F)(F)F. The number of anilines is 1. The molecular formula is C21H18F3N3O3. The number of rotatable bonds is 3. The lowest BCUT2D eigenvalue weighted by molar-refractivity contribution is -0.192. The first-order valence-electron chi connectivity index (χ1n) is 8.55. The summed E-state index contributed by atoms with van der Waals surface area (Å²) in [6, 6.07) is 19.2. The number of alkyl halides is 3. The Kier molecular flexibility index (Phi) is 7.13. The molecular weight excluding hydrogens is 399 g/mol. The number of carbonyl (C=O) groups excluding carboxylic acids is 1. The third kappa shape index (κ3) is 6.33. The van der Waals surface area contributed by atoms with Crippen molar-refractivity contribution in [3.8, 4) is 0 Å². The van der Waals surface area contributed by atoms with E-state index in [-0.39, 0.29) is 5.91 Å². The zero-order valence-corrected chi connectivity index (χ0v) is 15.8. The molecule has 1 amide bonds. The predicted octanol–water partition coefficient (Wildman–Crippen LogP) is 4.33. The maximum absolute atomic E-state index is 12.4. The van der Waals surface area contributed by atoms with Gasteiger partial charge >= 0.3 is 12.1 Å². The molecule has 0 aliphatic heterocycles. The Hall–Kier alpha value is -3.88. The number of amides is 1. The first-order valence-corrected chi connectivity index (χ1v) is 8.55. The first-order chi connectivity index (χ1) is 14.1. The van der Waals surface area contributed by atoms with E-state index in [1.807, 2.05) is 67.6 Å². The molecule has 156 valence electrons. The van der Waals surface area contributed by atoms with Gasteiger partial charge in [-0.2, -0.15) is 18.3 Å². The number of hydrogen-bond acceptors (Lipinski definition) is 4. The Morgan fingerprint density at radius 1 is 1.03 bits per heavy atom. The molecule has 0 aliphatic rings. The minimum atomic E-state index is -5.08. The van der Waals surface area contributed by atoms with Gasteiger partial charge in [0.2, 0.25) is 0 Å². The number of fused-ring (bicyclic) bond motifs is 1. The molecule has 4 N–H and O–H groups in total. The Morgan fingerprint density at radius 2 is 1.67 bits per heavy atom. The highest BCUT2D eigenvalue weighted by molar-refractivity contribution is 6.06. The van der Waals surface area contributed by atoms with Crippen LogP contribution in [0.25, 0.3) is 10.8 Å². The third-order valence-corrected chi connectivity index (χ3v) is 3.87. The molecule has 0 radical (unpaired) electrons. The quantitative estimate of drug-likeness (QED) is 0.335. The van der Waals surface area contributed by atoms with Gasteiger partial charge < -0.3 is 16.3 Å². The number of benzene rings is 3. The van der Waals surface area contributed by atoms with Gasteiger partial charge in [0.15, 0.2) is 0 Å². The molecule has 0 saturated carbocycles. The number of hydrazone groups is 1. The Bertz CT molecular complexity index is 1100. The molecule has 0 heterocycles. The number of nitrogens with one attached hydrogen (secondary N) is 1. The molecule has 0 saturated heterocycles. The molecule has 9 heteroatoms. The second-order valence-corrected chi connectivity index (χ2v) is 6.23. The maximum Gasteiger partial charge on any atom is 0.490 e. The van der Waals surface area contributed by atoms with Crippen molar-refractivity contribution in [1.29, 1.82) is 0 Å². The normalized spacial score (nSPS) is 11.1. The number of halogens is 3. The first kappa shape index (κ1) is 22.4. The summed E-state index contributed by atoms with van der Waals surface area (Å²) >= 11 is 0. The topological polar surface area (TPSA) is 105 Å². The van der Waals surface area contributed by atoms with Crippen LogP contribution in [0.3, 0.4) is 0 Å². The van der Waals surface area contributed by atoms with Gasteiger partial charge in [0.05, 0.1) is 6.21 Å². The molecule has 0 spiro atoms. The molecule has 3 aromatic rings. The van der Waals surface area contributed by atoms with Crippen LogP contribution < -0.4 is 11.2 Å². The van der Waals surface area contributed by atoms with Gasteiger partial charge in [0, 0.05) is 11.3 Å². The molecule has 30 heavy (non-hydrogen) atoms. The van der Waals surface area contributed by atoms with Crippen molar-refractivity contribution in [2.24, 2.45) is 10.9 Å². The fourth-order valence-electron chi connectivity index (χ4n) is 2.50. The van der Waals surface area contributed by atoms with Crippen LogP contribution in [0.2, 0.25) is 0 Å². The predicted molar refractivity (Wildman–Crippen MR) is 109 cm³/mol. The van der Waals surface area contributed by atoms with Crippen LogP contribution >= 0.6 is 0 Å². The number of nitrogens with zero attached hydrogens (tertiary/aromatic N) is 1. The van der Waals surface area contributed by atoms with Gasteiger partial charge in [-0.1, -0.05) is 30.3 Å². The number of hydrogen-bond donors (Lipinski definition) is 3. The summed E-state index contributed by atoms with van der Waals surface area (Å²) in [5.41, 5.74) is 3.45. The summed E-state index contributed by atoms with van der Waals surface area (Å²) in [4.78, 5) is 21.3. The summed E-state index contributed by atoms with van der Waals surface area (Å²) in [5.74, 6) is 2.29. The fourth-order valence-corrected chi connectivity index (χ4v) is 2.50. The van der Waals surface area contributed by atoms with E-state index in [4.69, 9.17) is 15.7 Å². The van der Waals surface area contributed by atoms with Crippen LogP contribution in [-0.4, -0.2) is 29.4 Å². The third-order valence-electron chi connectivity index (χ3n) is 3.87. The van der Waals surface area contributed by atoms with Gasteiger partial charge in [-0.3, -0.25) is 4.79 Å². The Balaban J connectivity index is 0.000000396. The van der Waals surface area contributed by atoms with Crippen molar-refractivity contribution in [3.05, 3.63) is 77.4 Å². The molecule has 0 bridgehead atoms. The molecule has 0 aliphatic carbocycles. The average Bonchev–Trinajstić information content (AvgIpc) is 2.67. The smallest absolute Gasteiger partial charge is 0.475 e. The van der Waals surface area contributed by atoms with Crippen molar-refractivity contribution < 1.29 is 27.9 Å². The molecule has 0 unspecified atom stereocenters. The highest BCUT2D eigenvalue weighted by Crippen LogP contribution is 2.19. The van der Waals surface area contributed by atoms with Crippen molar-refractivity contribution in [2.45, 2.75) is 13.1 Å². The molecule has 3 rings (SSSR count). The van der Waals surface area contributed by atoms with Gasteiger partial charge in [0.25, 0.3) is 5.91 Å². The van der Waals surface area contributed by atoms with E-state index in [0.717, 1.165) is 27.6 Å². The van der Waals surface area contributed by atoms with E-state index in [1.54, 1.807) is 6.21 Å². The molecule has 0 atom stereocenters. The number of aryl methyl sites for hydroxylation is 1. The van der Waals surface area contributed by atoms with Crippen LogP contribution in [0.15, 0.2) is 65.8 Å². The van der Waals surface area contributed by atoms with Crippen molar-refractivity contribution >= 4 is 34.6 Å². The molecule has 0 aromatic heterocycles. The van der Waals surface area contributed by atoms with Crippen LogP contribution in [0.4, 0.5) is 18.9 Å². The summed E-state index contributed by atoms with van der Waals surface area (Å²) in [6.45, 7) is 1.99. The lowest BCUT2D eigenvalue weighted by atomic mass is 10.0. The maximum atomic E-state index is 12.4. The average molecular weight is 417 g/mol. The Labute approximate surface area is 169 Å². The minimum Gasteiger partial charge on any atom is -0.475 e. The standard InChI is InChI=1S/C19H17N3O.C2HF3O2/c1-13-3-2-4-18(9-13)22-19(23)17-8-7-15-10-14(12-21-20)5-6-16(15)11-17;3-2(4,5)1(6)7/h2-12H,20H2,1H3,(H,22,23);(H,6,7)/b21-12-;. The van der Waals surface area contributed by atoms with E-state index < -0.39 is 12.1 Å². The summed E-state index contributed by atoms with van der Waals surface area (Å²) in [6.07, 6.45) is -3.49. The van der Waals surface area contributed by atoms with E-state index in [9.17, 15) is 18.0 Å². The van der Waals surface area contributed by atoms with E-state index in [0.29, 0.717) is 5.56 Å². The number of aliphatic carboxylic acids is 1. The highest BCUT2D eigenvalue weighted by Gasteiger charge is 2.38. The van der Waals surface area contributed by atoms with Crippen LogP contribution in [0.5, 0.6) is 0 Å². The van der Waals surface area contributed by atoms with Crippen LogP contribution in [0, 0.1) is 6.92 Å². The number of nitrogens with two attached hydrogens (primary N) is 1. The van der Waals surface area contributed by atoms with Crippen molar-refractivity contribution in [2.75, 3.05) is 5.32 Å². The summed E-state index contributed by atoms with van der Waals surface area (Å²) in [5, 5.41) is 15.6. The van der Waals surface area contributed by atoms with Gasteiger partial charge in [-0.05, 0) is 59.2 Å². The highest BCUT2D eigenvalue weighted by atomic mass is 19.4. The van der Waals surface area contributed by atoms with Crippen molar-refractivity contribution in [3.63, 3.8) is 0 Å². The monoisotopic (exact) mass is 417 g/mol. The molecule has 0 fully saturated rings. The van der Waals surface area contributed by atoms with Gasteiger partial charge in [0.1, 0.15) is 0 Å². The number of carboxylic acid groups (broad SMARTS) is 1. The lowest BCUT2D eigenvalue weighted by Crippen LogP contribution is -2.21. The number of carboxylic acids is 1. The fraction of sp³-hybridized carbons (Fsp3) is 0.0952. The summed E-state index contributed by atoms with van der Waals surface area (Å²) < 4.78 is 31.7. The number of carbonyl (C=O) groups is 2. The van der Waals surface area contributed by atoms with Crippen molar-refractivity contribution in [1.82, 2.24) is 0 Å². The van der Waals surface area contributed by atoms with Crippen LogP contribution in [0.1, 0.15) is 21.5 Å². The van der Waals surface area contributed by atoms with E-state index >= 15 is 0 Å². The van der Waals surface area contributed by atoms with Crippen LogP contribution in [-0.2, 0) is 4.79 Å². The zero-order chi connectivity index (χ0) is 22.3. The van der Waals surface area contributed by atoms with E-state index in [2.05, 4.69) is 10.4 Å². The van der Waals surface area contributed by atoms with Gasteiger partial charge in [-0.25, -0.2) is 4.79 Å². The molecule has 6 nitrogen and oxygen atoms in total. The Morgan fingerprint density at radius 3 is 2.27 bits per heavy atom. The van der Waals surface area contributed by atoms with Gasteiger partial charge in [-0.15, -0.1) is 0 Å². The molecule has 3 aromatic carbocycles. The second kappa shape index (κ2) is 9.55. The summed E-state index contributed by atoms with van der Waals surface area (Å²) in [7, 11) is 0. The minimum absolute atomic E-state index is 0.120. The second-order valence-electron chi connectivity index (χ2n) is 6.23. The lowest BCUT2D eigenvalue weighted by Gasteiger charge is -2.07. The largest absolute Gasteiger partial charge is 0.490 e. The van der Waals surface area contributed by atoms with E-state index in [1.165, 1.54) is 0 Å².